The number of ether oxygens (including phenoxy) is 1. The van der Waals surface area contributed by atoms with Crippen molar-refractivity contribution in [2.45, 2.75) is 27.2 Å². The summed E-state index contributed by atoms with van der Waals surface area (Å²) in [5.41, 5.74) is 5.64. The molecule has 6 nitrogen and oxygen atoms in total. The first-order chi connectivity index (χ1) is 14.4. The van der Waals surface area contributed by atoms with Crippen molar-refractivity contribution in [2.75, 3.05) is 17.7 Å². The molecule has 0 unspecified atom stereocenters. The number of allylic oxidation sites excluding steroid dienone is 1. The van der Waals surface area contributed by atoms with Gasteiger partial charge in [0.2, 0.25) is 5.95 Å². The monoisotopic (exact) mass is 402 g/mol. The minimum Gasteiger partial charge on any atom is -0.497 e. The van der Waals surface area contributed by atoms with Gasteiger partial charge in [-0.25, -0.2) is 4.98 Å². The van der Waals surface area contributed by atoms with E-state index in [1.165, 1.54) is 6.08 Å². The van der Waals surface area contributed by atoms with E-state index in [-0.39, 0.29) is 12.2 Å². The van der Waals surface area contributed by atoms with Crippen molar-refractivity contribution in [3.05, 3.63) is 77.5 Å². The Morgan fingerprint density at radius 3 is 2.60 bits per heavy atom. The van der Waals surface area contributed by atoms with Crippen LogP contribution in [-0.2, 0) is 11.2 Å². The van der Waals surface area contributed by atoms with Crippen LogP contribution in [0.4, 0.5) is 23.1 Å². The second-order valence-corrected chi connectivity index (χ2v) is 7.16. The number of hydrogen-bond acceptors (Lipinski definition) is 6. The Morgan fingerprint density at radius 2 is 1.87 bits per heavy atom. The maximum absolute atomic E-state index is 11.9. The van der Waals surface area contributed by atoms with Crippen LogP contribution in [-0.4, -0.2) is 22.9 Å². The molecule has 30 heavy (non-hydrogen) atoms. The van der Waals surface area contributed by atoms with E-state index in [1.807, 2.05) is 57.2 Å². The molecule has 6 heteroatoms. The predicted molar refractivity (Wildman–Crippen MR) is 121 cm³/mol. The smallest absolute Gasteiger partial charge is 0.229 e. The van der Waals surface area contributed by atoms with Gasteiger partial charge in [0.05, 0.1) is 7.11 Å². The molecule has 0 saturated carbocycles. The largest absolute Gasteiger partial charge is 0.497 e. The molecule has 0 fully saturated rings. The second kappa shape index (κ2) is 9.22. The summed E-state index contributed by atoms with van der Waals surface area (Å²) in [4.78, 5) is 21.0. The van der Waals surface area contributed by atoms with E-state index >= 15 is 0 Å². The van der Waals surface area contributed by atoms with Gasteiger partial charge in [-0.05, 0) is 50.1 Å². The zero-order chi connectivity index (χ0) is 21.7. The zero-order valence-corrected chi connectivity index (χ0v) is 17.7. The van der Waals surface area contributed by atoms with Gasteiger partial charge in [-0.15, -0.1) is 0 Å². The van der Waals surface area contributed by atoms with Gasteiger partial charge < -0.3 is 15.4 Å². The summed E-state index contributed by atoms with van der Waals surface area (Å²) in [5.74, 6) is 1.86. The fraction of sp³-hybridized carbons (Fsp3) is 0.208. The van der Waals surface area contributed by atoms with E-state index in [0.717, 1.165) is 39.4 Å². The first-order valence-corrected chi connectivity index (χ1v) is 9.66. The lowest BCUT2D eigenvalue weighted by Gasteiger charge is -2.15. The van der Waals surface area contributed by atoms with Crippen LogP contribution in [0.2, 0.25) is 0 Å². The fourth-order valence-corrected chi connectivity index (χ4v) is 2.99. The maximum Gasteiger partial charge on any atom is 0.229 e. The molecule has 2 N–H and O–H groups in total. The molecule has 0 radical (unpaired) electrons. The van der Waals surface area contributed by atoms with Crippen molar-refractivity contribution in [2.24, 2.45) is 0 Å². The van der Waals surface area contributed by atoms with Gasteiger partial charge in [0, 0.05) is 35.6 Å². The molecule has 0 aliphatic rings. The zero-order valence-electron chi connectivity index (χ0n) is 17.7. The van der Waals surface area contributed by atoms with E-state index in [4.69, 9.17) is 4.74 Å². The van der Waals surface area contributed by atoms with E-state index < -0.39 is 0 Å². The van der Waals surface area contributed by atoms with Crippen molar-refractivity contribution in [1.29, 1.82) is 0 Å². The molecule has 3 rings (SSSR count). The minimum atomic E-state index is -0.0288. The van der Waals surface area contributed by atoms with Gasteiger partial charge in [-0.2, -0.15) is 4.98 Å². The lowest BCUT2D eigenvalue weighted by Crippen LogP contribution is -2.07. The minimum absolute atomic E-state index is 0.0288. The number of anilines is 4. The quantitative estimate of drug-likeness (QED) is 0.505. The van der Waals surface area contributed by atoms with E-state index in [0.29, 0.717) is 11.8 Å². The molecule has 0 aliphatic carbocycles. The molecular weight excluding hydrogens is 376 g/mol. The average Bonchev–Trinajstić information content (AvgIpc) is 2.73. The van der Waals surface area contributed by atoms with E-state index in [1.54, 1.807) is 13.3 Å². The van der Waals surface area contributed by atoms with Crippen LogP contribution in [0.5, 0.6) is 5.75 Å². The summed E-state index contributed by atoms with van der Waals surface area (Å²) >= 11 is 0. The highest BCUT2D eigenvalue weighted by Gasteiger charge is 2.11. The molecule has 0 amide bonds. The number of methoxy groups -OCH3 is 1. The molecule has 3 aromatic rings. The summed E-state index contributed by atoms with van der Waals surface area (Å²) in [6.07, 6.45) is 3.39. The van der Waals surface area contributed by atoms with Gasteiger partial charge >= 0.3 is 0 Å². The van der Waals surface area contributed by atoms with Crippen LogP contribution < -0.4 is 15.4 Å². The SMILES string of the molecule is C=CC(=O)Cc1cc(C)ccc1Nc1nc(Nc2cc(OC)ccc2C)ncc1C. The van der Waals surface area contributed by atoms with Crippen molar-refractivity contribution in [1.82, 2.24) is 9.97 Å². The first kappa shape index (κ1) is 21.0. The lowest BCUT2D eigenvalue weighted by atomic mass is 10.0. The van der Waals surface area contributed by atoms with Crippen LogP contribution in [0.1, 0.15) is 22.3 Å². The number of hydrogen-bond donors (Lipinski definition) is 2. The Kier molecular flexibility index (Phi) is 6.47. The van der Waals surface area contributed by atoms with Gasteiger partial charge in [0.15, 0.2) is 5.78 Å². The summed E-state index contributed by atoms with van der Waals surface area (Å²) in [6.45, 7) is 9.51. The predicted octanol–water partition coefficient (Wildman–Crippen LogP) is 5.20. The summed E-state index contributed by atoms with van der Waals surface area (Å²) in [6, 6.07) is 11.8. The molecule has 1 aromatic heterocycles. The Balaban J connectivity index is 1.90. The highest BCUT2D eigenvalue weighted by Crippen LogP contribution is 2.27. The highest BCUT2D eigenvalue weighted by atomic mass is 16.5. The van der Waals surface area contributed by atoms with Crippen molar-refractivity contribution >= 4 is 28.9 Å². The van der Waals surface area contributed by atoms with Crippen LogP contribution >= 0.6 is 0 Å². The fourth-order valence-electron chi connectivity index (χ4n) is 2.99. The second-order valence-electron chi connectivity index (χ2n) is 7.16. The van der Waals surface area contributed by atoms with Crippen LogP contribution in [0.3, 0.4) is 0 Å². The van der Waals surface area contributed by atoms with Crippen LogP contribution in [0, 0.1) is 20.8 Å². The van der Waals surface area contributed by atoms with Crippen LogP contribution in [0.25, 0.3) is 0 Å². The molecule has 0 atom stereocenters. The van der Waals surface area contributed by atoms with Crippen molar-refractivity contribution < 1.29 is 9.53 Å². The Bertz CT molecular complexity index is 1090. The van der Waals surface area contributed by atoms with Gasteiger partial charge in [0.1, 0.15) is 11.6 Å². The highest BCUT2D eigenvalue weighted by molar-refractivity contribution is 5.92. The standard InChI is InChI=1S/C24H26N4O2/c1-6-19(29)12-18-11-15(2)7-10-21(18)26-23-17(4)14-25-24(28-23)27-22-13-20(30-5)9-8-16(22)3/h6-11,13-14H,1,12H2,2-5H3,(H2,25,26,27,28). The van der Waals surface area contributed by atoms with Crippen LogP contribution in [0.15, 0.2) is 55.3 Å². The molecule has 0 bridgehead atoms. The number of nitrogens with zero attached hydrogens (tertiary/aromatic N) is 2. The Labute approximate surface area is 177 Å². The van der Waals surface area contributed by atoms with E-state index in [2.05, 4.69) is 27.2 Å². The summed E-state index contributed by atoms with van der Waals surface area (Å²) in [7, 11) is 1.63. The summed E-state index contributed by atoms with van der Waals surface area (Å²) in [5, 5.41) is 6.61. The number of aromatic nitrogens is 2. The maximum atomic E-state index is 11.9. The van der Waals surface area contributed by atoms with Gasteiger partial charge in [0.25, 0.3) is 0 Å². The molecule has 0 spiro atoms. The van der Waals surface area contributed by atoms with Gasteiger partial charge in [-0.3, -0.25) is 4.79 Å². The lowest BCUT2D eigenvalue weighted by molar-refractivity contribution is -0.114. The number of nitrogens with one attached hydrogen (secondary N) is 2. The normalized spacial score (nSPS) is 10.4. The number of carbonyl (C=O) groups excluding carboxylic acids is 1. The third kappa shape index (κ3) is 5.03. The average molecular weight is 402 g/mol. The van der Waals surface area contributed by atoms with Crippen molar-refractivity contribution in [3.63, 3.8) is 0 Å². The molecule has 2 aromatic carbocycles. The molecule has 0 aliphatic heterocycles. The molecule has 0 saturated heterocycles. The first-order valence-electron chi connectivity index (χ1n) is 9.66. The Hall–Kier alpha value is -3.67. The third-order valence-corrected chi connectivity index (χ3v) is 4.77. The molecular formula is C24H26N4O2. The number of ketones is 1. The summed E-state index contributed by atoms with van der Waals surface area (Å²) < 4.78 is 5.31. The number of carbonyl (C=O) groups is 1. The molecule has 154 valence electrons. The van der Waals surface area contributed by atoms with Crippen molar-refractivity contribution in [3.8, 4) is 5.75 Å². The molecule has 1 heterocycles. The van der Waals surface area contributed by atoms with E-state index in [9.17, 15) is 4.79 Å². The number of aryl methyl sites for hydroxylation is 3. The number of benzene rings is 2. The number of rotatable bonds is 8. The van der Waals surface area contributed by atoms with Gasteiger partial charge in [-0.1, -0.05) is 30.3 Å². The Morgan fingerprint density at radius 1 is 1.07 bits per heavy atom. The topological polar surface area (TPSA) is 76.1 Å². The third-order valence-electron chi connectivity index (χ3n) is 4.77.